The van der Waals surface area contributed by atoms with Crippen molar-refractivity contribution in [3.63, 3.8) is 0 Å². The Balaban J connectivity index is 1.47. The fraction of sp³-hybridized carbons (Fsp3) is 0.217. The predicted molar refractivity (Wildman–Crippen MR) is 137 cm³/mol. The standard InChI is InChI=1S/C23H25N5O2S3/c1-2-3-4-5-15-6-8-16(9-7-15)19-14-31-22(27-19)20-21(24)28-23(32-20)26-17-10-12-18(13-11-17)33(25,29)30/h6-14H,2-5,24H2,1H3,(H,26,28)(H2,25,29,30). The number of aromatic nitrogens is 2. The number of thiazole rings is 2. The quantitative estimate of drug-likeness (QED) is 0.256. The molecule has 4 aromatic rings. The maximum absolute atomic E-state index is 11.4. The highest BCUT2D eigenvalue weighted by Gasteiger charge is 2.16. The van der Waals surface area contributed by atoms with Gasteiger partial charge in [-0.25, -0.2) is 23.5 Å². The van der Waals surface area contributed by atoms with Crippen LogP contribution in [0.25, 0.3) is 21.1 Å². The van der Waals surface area contributed by atoms with Crippen LogP contribution >= 0.6 is 22.7 Å². The first-order valence-corrected chi connectivity index (χ1v) is 13.8. The molecule has 0 radical (unpaired) electrons. The molecule has 172 valence electrons. The van der Waals surface area contributed by atoms with Gasteiger partial charge in [0, 0.05) is 16.6 Å². The van der Waals surface area contributed by atoms with E-state index in [4.69, 9.17) is 15.9 Å². The van der Waals surface area contributed by atoms with Crippen LogP contribution in [0.15, 0.2) is 58.8 Å². The smallest absolute Gasteiger partial charge is 0.238 e. The maximum Gasteiger partial charge on any atom is 0.238 e. The first-order chi connectivity index (χ1) is 15.8. The third kappa shape index (κ3) is 5.77. The first kappa shape index (κ1) is 23.4. The van der Waals surface area contributed by atoms with E-state index in [0.717, 1.165) is 27.6 Å². The summed E-state index contributed by atoms with van der Waals surface area (Å²) in [7, 11) is -3.73. The fourth-order valence-electron chi connectivity index (χ4n) is 3.32. The van der Waals surface area contributed by atoms with E-state index in [-0.39, 0.29) is 4.90 Å². The van der Waals surface area contributed by atoms with Gasteiger partial charge in [0.25, 0.3) is 0 Å². The van der Waals surface area contributed by atoms with Crippen LogP contribution in [0.5, 0.6) is 0 Å². The summed E-state index contributed by atoms with van der Waals surface area (Å²) >= 11 is 2.93. The van der Waals surface area contributed by atoms with Crippen LogP contribution in [-0.2, 0) is 16.4 Å². The third-order valence-electron chi connectivity index (χ3n) is 5.10. The van der Waals surface area contributed by atoms with Crippen molar-refractivity contribution in [2.24, 2.45) is 5.14 Å². The zero-order valence-corrected chi connectivity index (χ0v) is 20.6. The number of nitrogens with two attached hydrogens (primary N) is 2. The van der Waals surface area contributed by atoms with Crippen LogP contribution < -0.4 is 16.2 Å². The molecule has 10 heteroatoms. The molecule has 5 N–H and O–H groups in total. The van der Waals surface area contributed by atoms with Gasteiger partial charge in [0.1, 0.15) is 15.7 Å². The molecule has 0 saturated carbocycles. The zero-order chi connectivity index (χ0) is 23.4. The number of benzene rings is 2. The highest BCUT2D eigenvalue weighted by atomic mass is 32.2. The van der Waals surface area contributed by atoms with Crippen molar-refractivity contribution in [1.29, 1.82) is 0 Å². The van der Waals surface area contributed by atoms with E-state index < -0.39 is 10.0 Å². The molecule has 0 spiro atoms. The number of hydrogen-bond acceptors (Lipinski definition) is 8. The number of hydrogen-bond donors (Lipinski definition) is 3. The van der Waals surface area contributed by atoms with E-state index in [9.17, 15) is 8.42 Å². The van der Waals surface area contributed by atoms with E-state index in [1.165, 1.54) is 59.6 Å². The highest BCUT2D eigenvalue weighted by molar-refractivity contribution is 7.89. The number of rotatable bonds is 9. The number of primary sulfonamides is 1. The van der Waals surface area contributed by atoms with Crippen molar-refractivity contribution >= 4 is 49.3 Å². The molecule has 0 saturated heterocycles. The molecular formula is C23H25N5O2S3. The molecule has 33 heavy (non-hydrogen) atoms. The third-order valence-corrected chi connectivity index (χ3v) is 8.02. The summed E-state index contributed by atoms with van der Waals surface area (Å²) in [6.07, 6.45) is 4.80. The van der Waals surface area contributed by atoms with Crippen LogP contribution in [0.4, 0.5) is 16.6 Å². The Morgan fingerprint density at radius 1 is 1.00 bits per heavy atom. The second-order valence-electron chi connectivity index (χ2n) is 7.62. The summed E-state index contributed by atoms with van der Waals surface area (Å²) in [6, 6.07) is 14.7. The minimum Gasteiger partial charge on any atom is -0.382 e. The molecule has 0 aliphatic rings. The number of anilines is 3. The van der Waals surface area contributed by atoms with Crippen LogP contribution in [0.3, 0.4) is 0 Å². The van der Waals surface area contributed by atoms with Crippen LogP contribution in [0.2, 0.25) is 0 Å². The maximum atomic E-state index is 11.4. The molecule has 0 amide bonds. The summed E-state index contributed by atoms with van der Waals surface area (Å²) < 4.78 is 22.8. The van der Waals surface area contributed by atoms with Crippen molar-refractivity contribution in [3.8, 4) is 21.1 Å². The average Bonchev–Trinajstić information content (AvgIpc) is 3.41. The van der Waals surface area contributed by atoms with E-state index in [1.54, 1.807) is 12.1 Å². The first-order valence-electron chi connectivity index (χ1n) is 10.5. The monoisotopic (exact) mass is 499 g/mol. The van der Waals surface area contributed by atoms with Crippen LogP contribution in [0, 0.1) is 0 Å². The molecule has 7 nitrogen and oxygen atoms in total. The fourth-order valence-corrected chi connectivity index (χ4v) is 5.67. The second-order valence-corrected chi connectivity index (χ2v) is 11.0. The molecule has 4 rings (SSSR count). The van der Waals surface area contributed by atoms with Crippen LogP contribution in [-0.4, -0.2) is 18.4 Å². The van der Waals surface area contributed by atoms with Crippen molar-refractivity contribution in [2.45, 2.75) is 37.5 Å². The Morgan fingerprint density at radius 2 is 1.73 bits per heavy atom. The van der Waals surface area contributed by atoms with Crippen molar-refractivity contribution in [1.82, 2.24) is 9.97 Å². The number of nitrogen functional groups attached to an aromatic ring is 1. The Morgan fingerprint density at radius 3 is 2.39 bits per heavy atom. The minimum absolute atomic E-state index is 0.0525. The molecule has 0 aliphatic heterocycles. The van der Waals surface area contributed by atoms with E-state index >= 15 is 0 Å². The molecule has 0 unspecified atom stereocenters. The van der Waals surface area contributed by atoms with Gasteiger partial charge in [0.2, 0.25) is 10.0 Å². The summed E-state index contributed by atoms with van der Waals surface area (Å²) in [6.45, 7) is 2.21. The number of nitrogens with one attached hydrogen (secondary N) is 1. The molecule has 0 fully saturated rings. The Labute approximate surface area is 201 Å². The predicted octanol–water partition coefficient (Wildman–Crippen LogP) is 5.64. The molecular weight excluding hydrogens is 474 g/mol. The molecule has 0 bridgehead atoms. The van der Waals surface area contributed by atoms with E-state index in [2.05, 4.69) is 41.5 Å². The number of unbranched alkanes of at least 4 members (excludes halogenated alkanes) is 2. The van der Waals surface area contributed by atoms with Gasteiger partial charge < -0.3 is 11.1 Å². The Bertz CT molecular complexity index is 1330. The molecule has 0 aliphatic carbocycles. The lowest BCUT2D eigenvalue weighted by Gasteiger charge is -2.03. The molecule has 2 aromatic carbocycles. The SMILES string of the molecule is CCCCCc1ccc(-c2csc(-c3sc(Nc4ccc(S(N)(=O)=O)cc4)nc3N)n2)cc1. The number of nitrogens with zero attached hydrogens (tertiary/aromatic N) is 2. The average molecular weight is 500 g/mol. The Kier molecular flexibility index (Phi) is 7.08. The van der Waals surface area contributed by atoms with Crippen LogP contribution in [0.1, 0.15) is 31.7 Å². The lowest BCUT2D eigenvalue weighted by Crippen LogP contribution is -2.11. The van der Waals surface area contributed by atoms with E-state index in [0.29, 0.717) is 16.6 Å². The minimum atomic E-state index is -3.73. The number of aryl methyl sites for hydroxylation is 1. The number of sulfonamides is 1. The lowest BCUT2D eigenvalue weighted by molar-refractivity contribution is 0.598. The van der Waals surface area contributed by atoms with Gasteiger partial charge in [-0.15, -0.1) is 11.3 Å². The van der Waals surface area contributed by atoms with Gasteiger partial charge in [-0.1, -0.05) is 55.4 Å². The largest absolute Gasteiger partial charge is 0.382 e. The van der Waals surface area contributed by atoms with Gasteiger partial charge in [-0.3, -0.25) is 0 Å². The van der Waals surface area contributed by atoms with Crippen molar-refractivity contribution < 1.29 is 8.42 Å². The summed E-state index contributed by atoms with van der Waals surface area (Å²) in [5.74, 6) is 0.399. The van der Waals surface area contributed by atoms with Gasteiger partial charge in [-0.2, -0.15) is 0 Å². The zero-order valence-electron chi connectivity index (χ0n) is 18.1. The Hall–Kier alpha value is -2.79. The topological polar surface area (TPSA) is 124 Å². The summed E-state index contributed by atoms with van der Waals surface area (Å²) in [5, 5.41) is 11.7. The lowest BCUT2D eigenvalue weighted by atomic mass is 10.0. The van der Waals surface area contributed by atoms with Gasteiger partial charge >= 0.3 is 0 Å². The molecule has 0 atom stereocenters. The normalized spacial score (nSPS) is 11.6. The van der Waals surface area contributed by atoms with E-state index in [1.807, 2.05) is 5.38 Å². The second kappa shape index (κ2) is 10.0. The van der Waals surface area contributed by atoms with Gasteiger partial charge in [-0.05, 0) is 42.7 Å². The summed E-state index contributed by atoms with van der Waals surface area (Å²) in [5.41, 5.74) is 10.2. The van der Waals surface area contributed by atoms with Crippen molar-refractivity contribution in [3.05, 3.63) is 59.5 Å². The van der Waals surface area contributed by atoms with Gasteiger partial charge in [0.15, 0.2) is 5.13 Å². The molecule has 2 aromatic heterocycles. The van der Waals surface area contributed by atoms with Crippen molar-refractivity contribution in [2.75, 3.05) is 11.1 Å². The highest BCUT2D eigenvalue weighted by Crippen LogP contribution is 2.39. The summed E-state index contributed by atoms with van der Waals surface area (Å²) in [4.78, 5) is 10.0. The molecule has 2 heterocycles. The van der Waals surface area contributed by atoms with Gasteiger partial charge in [0.05, 0.1) is 10.6 Å².